The van der Waals surface area contributed by atoms with Crippen LogP contribution in [-0.4, -0.2) is 36.5 Å². The molecule has 30 heavy (non-hydrogen) atoms. The van der Waals surface area contributed by atoms with Gasteiger partial charge in [0, 0.05) is 0 Å². The molecule has 0 aliphatic heterocycles. The minimum absolute atomic E-state index is 0.247. The Bertz CT molecular complexity index is 1120. The van der Waals surface area contributed by atoms with Crippen LogP contribution in [0.2, 0.25) is 0 Å². The molecule has 158 valence electrons. The van der Waals surface area contributed by atoms with Crippen molar-refractivity contribution >= 4 is 5.97 Å². The first-order valence-corrected chi connectivity index (χ1v) is 9.77. The third-order valence-electron chi connectivity index (χ3n) is 4.96. The van der Waals surface area contributed by atoms with Gasteiger partial charge in [-0.25, -0.2) is 9.59 Å². The Kier molecular flexibility index (Phi) is 5.78. The number of carboxylic acids is 1. The van der Waals surface area contributed by atoms with Gasteiger partial charge in [0.05, 0.1) is 12.2 Å². The predicted octanol–water partition coefficient (Wildman–Crippen LogP) is 2.90. The standard InChI is InChI=1S/C22H26N4O4/c1-6-17-9-7-8-10-18(17)26-21(29)25(23-24-26)13-16-11-14(2)19(15(3)12-16)30-22(4,5)20(27)28/h7-12H,6,13H2,1-5H3,(H,27,28). The summed E-state index contributed by atoms with van der Waals surface area (Å²) in [4.78, 5) is 24.2. The van der Waals surface area contributed by atoms with Crippen molar-refractivity contribution in [3.8, 4) is 11.4 Å². The van der Waals surface area contributed by atoms with Crippen LogP contribution in [0.1, 0.15) is 43.0 Å². The van der Waals surface area contributed by atoms with Gasteiger partial charge in [-0.3, -0.25) is 0 Å². The second-order valence-electron chi connectivity index (χ2n) is 7.79. The van der Waals surface area contributed by atoms with Crippen molar-refractivity contribution in [2.75, 3.05) is 0 Å². The summed E-state index contributed by atoms with van der Waals surface area (Å²) in [7, 11) is 0. The Hall–Kier alpha value is -3.42. The molecule has 1 N–H and O–H groups in total. The van der Waals surface area contributed by atoms with E-state index in [4.69, 9.17) is 4.74 Å². The number of para-hydroxylation sites is 1. The minimum atomic E-state index is -1.34. The van der Waals surface area contributed by atoms with Crippen molar-refractivity contribution in [1.82, 2.24) is 19.8 Å². The van der Waals surface area contributed by atoms with Gasteiger partial charge < -0.3 is 9.84 Å². The molecule has 3 rings (SSSR count). The van der Waals surface area contributed by atoms with Crippen molar-refractivity contribution < 1.29 is 14.6 Å². The van der Waals surface area contributed by atoms with Crippen molar-refractivity contribution in [1.29, 1.82) is 0 Å². The molecule has 0 saturated carbocycles. The number of tetrazole rings is 1. The number of rotatable bonds is 7. The molecule has 0 radical (unpaired) electrons. The number of carbonyl (C=O) groups is 1. The smallest absolute Gasteiger partial charge is 0.368 e. The molecule has 1 aromatic heterocycles. The van der Waals surface area contributed by atoms with Gasteiger partial charge in [0.1, 0.15) is 5.75 Å². The minimum Gasteiger partial charge on any atom is -0.478 e. The normalized spacial score (nSPS) is 11.5. The lowest BCUT2D eigenvalue weighted by Crippen LogP contribution is -2.38. The average Bonchev–Trinajstić information content (AvgIpc) is 3.04. The van der Waals surface area contributed by atoms with E-state index >= 15 is 0 Å². The molecule has 0 aliphatic carbocycles. The predicted molar refractivity (Wildman–Crippen MR) is 112 cm³/mol. The molecule has 0 bridgehead atoms. The summed E-state index contributed by atoms with van der Waals surface area (Å²) in [6.07, 6.45) is 0.780. The second kappa shape index (κ2) is 8.14. The number of benzene rings is 2. The Balaban J connectivity index is 1.90. The summed E-state index contributed by atoms with van der Waals surface area (Å²) < 4.78 is 8.36. The molecule has 3 aromatic rings. The molecule has 0 fully saturated rings. The molecule has 8 nitrogen and oxygen atoms in total. The van der Waals surface area contributed by atoms with E-state index in [0.717, 1.165) is 34.4 Å². The van der Waals surface area contributed by atoms with E-state index in [1.165, 1.54) is 23.2 Å². The highest BCUT2D eigenvalue weighted by Crippen LogP contribution is 2.29. The fraction of sp³-hybridized carbons (Fsp3) is 0.364. The summed E-state index contributed by atoms with van der Waals surface area (Å²) in [5.74, 6) is -0.514. The molecule has 2 aromatic carbocycles. The lowest BCUT2D eigenvalue weighted by molar-refractivity contribution is -0.152. The number of aliphatic carboxylic acids is 1. The molecular weight excluding hydrogens is 384 g/mol. The summed E-state index contributed by atoms with van der Waals surface area (Å²) >= 11 is 0. The number of ether oxygens (including phenoxy) is 1. The first-order chi connectivity index (χ1) is 14.1. The van der Waals surface area contributed by atoms with Crippen molar-refractivity contribution in [2.24, 2.45) is 0 Å². The van der Waals surface area contributed by atoms with E-state index in [-0.39, 0.29) is 12.2 Å². The largest absolute Gasteiger partial charge is 0.478 e. The van der Waals surface area contributed by atoms with Gasteiger partial charge in [-0.15, -0.1) is 0 Å². The van der Waals surface area contributed by atoms with Gasteiger partial charge in [-0.05, 0) is 72.9 Å². The van der Waals surface area contributed by atoms with Crippen LogP contribution in [0.4, 0.5) is 0 Å². The van der Waals surface area contributed by atoms with Gasteiger partial charge in [0.2, 0.25) is 0 Å². The number of nitrogens with zero attached hydrogens (tertiary/aromatic N) is 4. The van der Waals surface area contributed by atoms with Crippen LogP contribution in [0.5, 0.6) is 5.75 Å². The molecule has 0 amide bonds. The summed E-state index contributed by atoms with van der Waals surface area (Å²) in [5, 5.41) is 17.4. The molecule has 0 atom stereocenters. The Morgan fingerprint density at radius 3 is 2.37 bits per heavy atom. The number of aromatic nitrogens is 4. The van der Waals surface area contributed by atoms with Crippen LogP contribution < -0.4 is 10.4 Å². The highest BCUT2D eigenvalue weighted by atomic mass is 16.5. The van der Waals surface area contributed by atoms with Crippen molar-refractivity contribution in [3.63, 3.8) is 0 Å². The van der Waals surface area contributed by atoms with Crippen LogP contribution in [-0.2, 0) is 17.8 Å². The molecule has 0 saturated heterocycles. The van der Waals surface area contributed by atoms with Crippen LogP contribution in [0.3, 0.4) is 0 Å². The van der Waals surface area contributed by atoms with E-state index < -0.39 is 11.6 Å². The molecule has 1 heterocycles. The van der Waals surface area contributed by atoms with E-state index in [1.54, 1.807) is 0 Å². The third kappa shape index (κ3) is 4.12. The van der Waals surface area contributed by atoms with Gasteiger partial charge in [-0.2, -0.15) is 9.36 Å². The first kappa shape index (κ1) is 21.3. The average molecular weight is 410 g/mol. The fourth-order valence-corrected chi connectivity index (χ4v) is 3.31. The maximum atomic E-state index is 12.9. The SMILES string of the molecule is CCc1ccccc1-n1nnn(Cc2cc(C)c(OC(C)(C)C(=O)O)c(C)c2)c1=O. The summed E-state index contributed by atoms with van der Waals surface area (Å²) in [6.45, 7) is 8.98. The first-order valence-electron chi connectivity index (χ1n) is 9.77. The Morgan fingerprint density at radius 1 is 1.13 bits per heavy atom. The topological polar surface area (TPSA) is 99.2 Å². The number of hydrogen-bond acceptors (Lipinski definition) is 5. The van der Waals surface area contributed by atoms with E-state index in [0.29, 0.717) is 5.75 Å². The van der Waals surface area contributed by atoms with Gasteiger partial charge in [0.25, 0.3) is 0 Å². The Morgan fingerprint density at radius 2 is 1.77 bits per heavy atom. The fourth-order valence-electron chi connectivity index (χ4n) is 3.31. The Labute approximate surface area is 174 Å². The zero-order valence-corrected chi connectivity index (χ0v) is 17.8. The zero-order valence-electron chi connectivity index (χ0n) is 17.8. The molecule has 0 unspecified atom stereocenters. The third-order valence-corrected chi connectivity index (χ3v) is 4.96. The zero-order chi connectivity index (χ0) is 22.1. The quantitative estimate of drug-likeness (QED) is 0.643. The van der Waals surface area contributed by atoms with Crippen molar-refractivity contribution in [2.45, 2.75) is 53.2 Å². The van der Waals surface area contributed by atoms with Gasteiger partial charge in [-0.1, -0.05) is 37.3 Å². The molecule has 8 heteroatoms. The lowest BCUT2D eigenvalue weighted by Gasteiger charge is -2.24. The van der Waals surface area contributed by atoms with Gasteiger partial charge >= 0.3 is 11.7 Å². The summed E-state index contributed by atoms with van der Waals surface area (Å²) in [6, 6.07) is 11.3. The highest BCUT2D eigenvalue weighted by molar-refractivity contribution is 5.77. The van der Waals surface area contributed by atoms with Crippen LogP contribution in [0.15, 0.2) is 41.2 Å². The van der Waals surface area contributed by atoms with E-state index in [9.17, 15) is 14.7 Å². The maximum absolute atomic E-state index is 12.9. The van der Waals surface area contributed by atoms with E-state index in [1.807, 2.05) is 57.2 Å². The second-order valence-corrected chi connectivity index (χ2v) is 7.79. The lowest BCUT2D eigenvalue weighted by atomic mass is 10.0. The molecule has 0 spiro atoms. The number of aryl methyl sites for hydroxylation is 3. The van der Waals surface area contributed by atoms with Crippen LogP contribution >= 0.6 is 0 Å². The number of carboxylic acid groups (broad SMARTS) is 1. The molecular formula is C22H26N4O4. The van der Waals surface area contributed by atoms with E-state index in [2.05, 4.69) is 10.4 Å². The molecule has 0 aliphatic rings. The van der Waals surface area contributed by atoms with Gasteiger partial charge in [0.15, 0.2) is 5.60 Å². The van der Waals surface area contributed by atoms with Crippen molar-refractivity contribution in [3.05, 3.63) is 69.1 Å². The maximum Gasteiger partial charge on any atom is 0.368 e. The van der Waals surface area contributed by atoms with Crippen LogP contribution in [0, 0.1) is 13.8 Å². The highest BCUT2D eigenvalue weighted by Gasteiger charge is 2.30. The summed E-state index contributed by atoms with van der Waals surface area (Å²) in [5.41, 5.74) is 2.50. The number of hydrogen-bond donors (Lipinski definition) is 1. The monoisotopic (exact) mass is 410 g/mol. The van der Waals surface area contributed by atoms with Crippen LogP contribution in [0.25, 0.3) is 5.69 Å².